The van der Waals surface area contributed by atoms with E-state index in [1.807, 2.05) is 31.3 Å². The Bertz CT molecular complexity index is 1240. The highest BCUT2D eigenvalue weighted by molar-refractivity contribution is 7.85. The van der Waals surface area contributed by atoms with Gasteiger partial charge in [0.25, 0.3) is 10.1 Å². The number of pyridine rings is 1. The SMILES string of the molecule is CC(C(=O)Nc1ccc(Cl)cc1)C1CCC(c2ccnc3ccc(F)cc23)CC1.CS(=O)(=O)O.O. The maximum atomic E-state index is 13.8. The van der Waals surface area contributed by atoms with Crippen LogP contribution < -0.4 is 5.32 Å². The summed E-state index contributed by atoms with van der Waals surface area (Å²) in [7, 11) is -3.67. The Morgan fingerprint density at radius 1 is 1.11 bits per heavy atom. The van der Waals surface area contributed by atoms with E-state index >= 15 is 0 Å². The van der Waals surface area contributed by atoms with Crippen molar-refractivity contribution in [1.29, 1.82) is 0 Å². The maximum Gasteiger partial charge on any atom is 0.261 e. The van der Waals surface area contributed by atoms with Crippen molar-refractivity contribution >= 4 is 44.2 Å². The van der Waals surface area contributed by atoms with E-state index in [2.05, 4.69) is 10.3 Å². The zero-order valence-corrected chi connectivity index (χ0v) is 21.1. The van der Waals surface area contributed by atoms with E-state index in [0.29, 0.717) is 23.1 Å². The Kier molecular flexibility index (Phi) is 10.1. The monoisotopic (exact) mass is 524 g/mol. The van der Waals surface area contributed by atoms with Crippen molar-refractivity contribution in [2.45, 2.75) is 38.5 Å². The number of aromatic nitrogens is 1. The van der Waals surface area contributed by atoms with Gasteiger partial charge in [-0.25, -0.2) is 4.39 Å². The summed E-state index contributed by atoms with van der Waals surface area (Å²) in [6.07, 6.45) is 6.49. The van der Waals surface area contributed by atoms with Gasteiger partial charge in [0.1, 0.15) is 5.82 Å². The van der Waals surface area contributed by atoms with Crippen molar-refractivity contribution < 1.29 is 27.6 Å². The Labute approximate surface area is 209 Å². The standard InChI is InChI=1S/C24H24ClFN2O.CH4O3S.H2O/c1-15(24(29)28-20-9-6-18(25)7-10-20)16-2-4-17(5-3-16)21-12-13-27-23-11-8-19(26)14-22(21)23;1-5(2,3)4;/h6-17H,2-5H2,1H3,(H,28,29);1H3,(H,2,3,4);1H2. The van der Waals surface area contributed by atoms with Crippen molar-refractivity contribution in [2.24, 2.45) is 11.8 Å². The molecular weight excluding hydrogens is 495 g/mol. The molecule has 0 radical (unpaired) electrons. The van der Waals surface area contributed by atoms with Crippen molar-refractivity contribution in [3.8, 4) is 0 Å². The van der Waals surface area contributed by atoms with E-state index < -0.39 is 10.1 Å². The molecule has 190 valence electrons. The van der Waals surface area contributed by atoms with Crippen molar-refractivity contribution in [2.75, 3.05) is 11.6 Å². The molecule has 1 saturated carbocycles. The van der Waals surface area contributed by atoms with Gasteiger partial charge in [-0.05, 0) is 91.6 Å². The lowest BCUT2D eigenvalue weighted by Gasteiger charge is -2.32. The van der Waals surface area contributed by atoms with Gasteiger partial charge in [-0.2, -0.15) is 8.42 Å². The third kappa shape index (κ3) is 8.54. The first-order valence-corrected chi connectivity index (χ1v) is 13.3. The van der Waals surface area contributed by atoms with Gasteiger partial charge in [0, 0.05) is 28.2 Å². The van der Waals surface area contributed by atoms with Gasteiger partial charge >= 0.3 is 0 Å². The smallest absolute Gasteiger partial charge is 0.261 e. The highest BCUT2D eigenvalue weighted by atomic mass is 35.5. The minimum Gasteiger partial charge on any atom is -0.412 e. The first kappa shape index (κ1) is 28.6. The Balaban J connectivity index is 0.000000656. The lowest BCUT2D eigenvalue weighted by molar-refractivity contribution is -0.121. The quantitative estimate of drug-likeness (QED) is 0.450. The summed E-state index contributed by atoms with van der Waals surface area (Å²) in [5.41, 5.74) is 2.78. The third-order valence-electron chi connectivity index (χ3n) is 6.18. The molecule has 0 aliphatic heterocycles. The second-order valence-corrected chi connectivity index (χ2v) is 10.6. The van der Waals surface area contributed by atoms with Crippen LogP contribution in [0.25, 0.3) is 10.9 Å². The number of rotatable bonds is 4. The molecule has 1 aliphatic carbocycles. The van der Waals surface area contributed by atoms with Gasteiger partial charge in [-0.15, -0.1) is 0 Å². The fourth-order valence-corrected chi connectivity index (χ4v) is 4.56. The molecule has 0 saturated heterocycles. The van der Waals surface area contributed by atoms with E-state index in [1.54, 1.807) is 24.3 Å². The van der Waals surface area contributed by atoms with Crippen LogP contribution >= 0.6 is 11.6 Å². The number of benzene rings is 2. The Morgan fingerprint density at radius 2 is 1.71 bits per heavy atom. The maximum absolute atomic E-state index is 13.8. The van der Waals surface area contributed by atoms with Crippen LogP contribution in [0.4, 0.5) is 10.1 Å². The van der Waals surface area contributed by atoms with Gasteiger partial charge in [-0.1, -0.05) is 18.5 Å². The molecule has 0 bridgehead atoms. The Hall–Kier alpha value is -2.59. The lowest BCUT2D eigenvalue weighted by atomic mass is 9.73. The summed E-state index contributed by atoms with van der Waals surface area (Å²) in [6, 6.07) is 14.0. The van der Waals surface area contributed by atoms with Crippen LogP contribution in [0.5, 0.6) is 0 Å². The number of hydrogen-bond acceptors (Lipinski definition) is 4. The molecule has 7 nitrogen and oxygen atoms in total. The molecule has 1 heterocycles. The second kappa shape index (κ2) is 12.4. The van der Waals surface area contributed by atoms with Crippen LogP contribution in [0, 0.1) is 17.7 Å². The largest absolute Gasteiger partial charge is 0.412 e. The van der Waals surface area contributed by atoms with Gasteiger partial charge in [-0.3, -0.25) is 14.3 Å². The zero-order chi connectivity index (χ0) is 24.9. The number of carbonyl (C=O) groups is 1. The van der Waals surface area contributed by atoms with Crippen LogP contribution in [-0.4, -0.2) is 35.6 Å². The van der Waals surface area contributed by atoms with E-state index in [1.165, 1.54) is 11.6 Å². The minimum absolute atomic E-state index is 0. The van der Waals surface area contributed by atoms with Crippen molar-refractivity contribution in [1.82, 2.24) is 4.98 Å². The van der Waals surface area contributed by atoms with Crippen LogP contribution in [0.1, 0.15) is 44.1 Å². The number of anilines is 1. The van der Waals surface area contributed by atoms with Gasteiger partial charge in [0.05, 0.1) is 11.8 Å². The summed E-state index contributed by atoms with van der Waals surface area (Å²) >= 11 is 5.90. The molecule has 4 N–H and O–H groups in total. The summed E-state index contributed by atoms with van der Waals surface area (Å²) in [5, 5.41) is 4.55. The normalized spacial score (nSPS) is 18.5. The molecule has 1 atom stereocenters. The number of nitrogens with zero attached hydrogens (tertiary/aromatic N) is 1. The van der Waals surface area contributed by atoms with Crippen LogP contribution in [-0.2, 0) is 14.9 Å². The summed E-state index contributed by atoms with van der Waals surface area (Å²) < 4.78 is 39.6. The van der Waals surface area contributed by atoms with Crippen LogP contribution in [0.3, 0.4) is 0 Å². The average Bonchev–Trinajstić information content (AvgIpc) is 2.78. The first-order valence-electron chi connectivity index (χ1n) is 11.0. The average molecular weight is 525 g/mol. The molecule has 3 aromatic rings. The summed E-state index contributed by atoms with van der Waals surface area (Å²) in [4.78, 5) is 17.0. The molecular formula is C25H30ClFN2O5S. The van der Waals surface area contributed by atoms with Gasteiger partial charge < -0.3 is 10.8 Å². The summed E-state index contributed by atoms with van der Waals surface area (Å²) in [6.45, 7) is 2.01. The van der Waals surface area contributed by atoms with Crippen molar-refractivity contribution in [3.05, 3.63) is 71.1 Å². The number of hydrogen-bond donors (Lipinski definition) is 2. The highest BCUT2D eigenvalue weighted by Gasteiger charge is 2.30. The van der Waals surface area contributed by atoms with E-state index in [9.17, 15) is 17.6 Å². The number of fused-ring (bicyclic) bond motifs is 1. The fourth-order valence-electron chi connectivity index (χ4n) is 4.43. The number of nitrogens with one attached hydrogen (secondary N) is 1. The second-order valence-electron chi connectivity index (χ2n) is 8.69. The topological polar surface area (TPSA) is 128 Å². The highest BCUT2D eigenvalue weighted by Crippen LogP contribution is 2.41. The van der Waals surface area contributed by atoms with E-state index in [0.717, 1.165) is 42.3 Å². The molecule has 1 aliphatic rings. The fraction of sp³-hybridized carbons (Fsp3) is 0.360. The van der Waals surface area contributed by atoms with Crippen molar-refractivity contribution in [3.63, 3.8) is 0 Å². The molecule has 0 spiro atoms. The number of amides is 1. The van der Waals surface area contributed by atoms with E-state index in [4.69, 9.17) is 16.2 Å². The molecule has 1 fully saturated rings. The van der Waals surface area contributed by atoms with Crippen LogP contribution in [0.15, 0.2) is 54.7 Å². The molecule has 2 aromatic carbocycles. The first-order chi connectivity index (χ1) is 16.0. The van der Waals surface area contributed by atoms with Crippen LogP contribution in [0.2, 0.25) is 5.02 Å². The molecule has 1 aromatic heterocycles. The lowest BCUT2D eigenvalue weighted by Crippen LogP contribution is -2.29. The molecule has 4 rings (SSSR count). The summed E-state index contributed by atoms with van der Waals surface area (Å²) in [5.74, 6) is 0.492. The predicted octanol–water partition coefficient (Wildman–Crippen LogP) is 5.26. The van der Waals surface area contributed by atoms with Gasteiger partial charge in [0.2, 0.25) is 5.91 Å². The molecule has 1 amide bonds. The molecule has 10 heteroatoms. The predicted molar refractivity (Wildman–Crippen MR) is 137 cm³/mol. The molecule has 35 heavy (non-hydrogen) atoms. The molecule has 1 unspecified atom stereocenters. The number of carbonyl (C=O) groups excluding carboxylic acids is 1. The number of halogens is 2. The third-order valence-corrected chi connectivity index (χ3v) is 6.43. The van der Waals surface area contributed by atoms with E-state index in [-0.39, 0.29) is 23.1 Å². The minimum atomic E-state index is -3.67. The zero-order valence-electron chi connectivity index (χ0n) is 19.5. The Morgan fingerprint density at radius 3 is 2.31 bits per heavy atom. The van der Waals surface area contributed by atoms with Gasteiger partial charge in [0.15, 0.2) is 0 Å².